The first-order chi connectivity index (χ1) is 7.49. The van der Waals surface area contributed by atoms with Crippen molar-refractivity contribution in [2.45, 2.75) is 53.2 Å². The molecule has 0 saturated heterocycles. The Hall–Kier alpha value is -0.380. The first kappa shape index (κ1) is 13.7. The molecule has 1 unspecified atom stereocenters. The molecule has 1 rings (SSSR count). The number of thiophene rings is 1. The predicted octanol–water partition coefficient (Wildman–Crippen LogP) is 2.84. The molecule has 0 saturated carbocycles. The third kappa shape index (κ3) is 4.64. The highest BCUT2D eigenvalue weighted by molar-refractivity contribution is 7.12. The minimum atomic E-state index is 0.519. The standard InChI is InChI=1S/C13H24N2S/c1-9(2)14-7-11(4)15-8-13-6-10(3)12(5)16-13/h6,9,11,14-15H,7-8H2,1-5H3. The smallest absolute Gasteiger partial charge is 0.0302 e. The van der Waals surface area contributed by atoms with Crippen LogP contribution in [0.3, 0.4) is 0 Å². The van der Waals surface area contributed by atoms with Crippen LogP contribution in [0.2, 0.25) is 0 Å². The summed E-state index contributed by atoms with van der Waals surface area (Å²) in [5.41, 5.74) is 1.41. The molecule has 2 nitrogen and oxygen atoms in total. The lowest BCUT2D eigenvalue weighted by atomic mass is 10.2. The van der Waals surface area contributed by atoms with Crippen LogP contribution in [0.4, 0.5) is 0 Å². The highest BCUT2D eigenvalue weighted by Crippen LogP contribution is 2.20. The molecule has 0 radical (unpaired) electrons. The molecule has 0 aromatic carbocycles. The van der Waals surface area contributed by atoms with Crippen LogP contribution in [0.25, 0.3) is 0 Å². The van der Waals surface area contributed by atoms with E-state index in [1.165, 1.54) is 15.3 Å². The molecule has 16 heavy (non-hydrogen) atoms. The van der Waals surface area contributed by atoms with E-state index in [9.17, 15) is 0 Å². The highest BCUT2D eigenvalue weighted by atomic mass is 32.1. The summed E-state index contributed by atoms with van der Waals surface area (Å²) in [7, 11) is 0. The van der Waals surface area contributed by atoms with E-state index >= 15 is 0 Å². The van der Waals surface area contributed by atoms with Gasteiger partial charge in [0.2, 0.25) is 0 Å². The quantitative estimate of drug-likeness (QED) is 0.799. The first-order valence-corrected chi connectivity index (χ1v) is 6.83. The number of nitrogens with one attached hydrogen (secondary N) is 2. The molecule has 0 fully saturated rings. The Kier molecular flexibility index (Phi) is 5.46. The second-order valence-corrected chi connectivity index (χ2v) is 6.14. The van der Waals surface area contributed by atoms with Crippen LogP contribution < -0.4 is 10.6 Å². The van der Waals surface area contributed by atoms with Crippen LogP contribution in [0.5, 0.6) is 0 Å². The Morgan fingerprint density at radius 2 is 1.88 bits per heavy atom. The van der Waals surface area contributed by atoms with E-state index < -0.39 is 0 Å². The molecule has 92 valence electrons. The van der Waals surface area contributed by atoms with Crippen LogP contribution in [0.15, 0.2) is 6.07 Å². The number of hydrogen-bond donors (Lipinski definition) is 2. The topological polar surface area (TPSA) is 24.1 Å². The van der Waals surface area contributed by atoms with Crippen LogP contribution in [-0.2, 0) is 6.54 Å². The van der Waals surface area contributed by atoms with Gasteiger partial charge in [0, 0.05) is 34.9 Å². The third-order valence-corrected chi connectivity index (χ3v) is 3.83. The van der Waals surface area contributed by atoms with E-state index in [1.54, 1.807) is 0 Å². The van der Waals surface area contributed by atoms with Crippen LogP contribution in [0.1, 0.15) is 36.1 Å². The summed E-state index contributed by atoms with van der Waals surface area (Å²) in [5, 5.41) is 6.98. The molecule has 1 aromatic heterocycles. The molecule has 0 aliphatic carbocycles. The maximum Gasteiger partial charge on any atom is 0.0302 e. The van der Waals surface area contributed by atoms with E-state index in [0.717, 1.165) is 13.1 Å². The summed E-state index contributed by atoms with van der Waals surface area (Å²) in [5.74, 6) is 0. The Morgan fingerprint density at radius 3 is 2.38 bits per heavy atom. The molecular formula is C13H24N2S. The second-order valence-electron chi connectivity index (χ2n) is 4.80. The SMILES string of the molecule is Cc1cc(CNC(C)CNC(C)C)sc1C. The molecule has 1 aromatic rings. The third-order valence-electron chi connectivity index (χ3n) is 2.67. The normalized spacial score (nSPS) is 13.4. The van der Waals surface area contributed by atoms with Gasteiger partial charge < -0.3 is 10.6 Å². The van der Waals surface area contributed by atoms with Gasteiger partial charge in [0.1, 0.15) is 0 Å². The fraction of sp³-hybridized carbons (Fsp3) is 0.692. The Labute approximate surface area is 103 Å². The van der Waals surface area contributed by atoms with Crippen molar-refractivity contribution in [2.75, 3.05) is 6.54 Å². The lowest BCUT2D eigenvalue weighted by molar-refractivity contribution is 0.475. The molecular weight excluding hydrogens is 216 g/mol. The Bertz CT molecular complexity index is 298. The molecule has 0 aliphatic heterocycles. The number of rotatable bonds is 6. The summed E-state index contributed by atoms with van der Waals surface area (Å²) in [6.07, 6.45) is 0. The van der Waals surface area contributed by atoms with E-state index in [0.29, 0.717) is 12.1 Å². The van der Waals surface area contributed by atoms with E-state index in [2.05, 4.69) is 51.3 Å². The van der Waals surface area contributed by atoms with Crippen molar-refractivity contribution in [3.8, 4) is 0 Å². The van der Waals surface area contributed by atoms with E-state index in [4.69, 9.17) is 0 Å². The molecule has 2 N–H and O–H groups in total. The highest BCUT2D eigenvalue weighted by Gasteiger charge is 2.05. The van der Waals surface area contributed by atoms with E-state index in [-0.39, 0.29) is 0 Å². The second kappa shape index (κ2) is 6.38. The lowest BCUT2D eigenvalue weighted by Gasteiger charge is -2.15. The first-order valence-electron chi connectivity index (χ1n) is 6.01. The van der Waals surface area contributed by atoms with Crippen molar-refractivity contribution < 1.29 is 0 Å². The van der Waals surface area contributed by atoms with Crippen molar-refractivity contribution in [2.24, 2.45) is 0 Å². The van der Waals surface area contributed by atoms with Gasteiger partial charge in [-0.15, -0.1) is 11.3 Å². The summed E-state index contributed by atoms with van der Waals surface area (Å²) < 4.78 is 0. The van der Waals surface area contributed by atoms with Crippen LogP contribution in [-0.4, -0.2) is 18.6 Å². The van der Waals surface area contributed by atoms with Gasteiger partial charge in [-0.05, 0) is 32.4 Å². The molecule has 3 heteroatoms. The van der Waals surface area contributed by atoms with Crippen molar-refractivity contribution >= 4 is 11.3 Å². The van der Waals surface area contributed by atoms with Gasteiger partial charge in [-0.3, -0.25) is 0 Å². The van der Waals surface area contributed by atoms with Gasteiger partial charge >= 0.3 is 0 Å². The van der Waals surface area contributed by atoms with Gasteiger partial charge in [0.25, 0.3) is 0 Å². The average molecular weight is 240 g/mol. The minimum Gasteiger partial charge on any atom is -0.313 e. The minimum absolute atomic E-state index is 0.519. The average Bonchev–Trinajstić information content (AvgIpc) is 2.52. The Morgan fingerprint density at radius 1 is 1.19 bits per heavy atom. The number of aryl methyl sites for hydroxylation is 2. The summed E-state index contributed by atoms with van der Waals surface area (Å²) in [6, 6.07) is 3.37. The van der Waals surface area contributed by atoms with Gasteiger partial charge in [-0.2, -0.15) is 0 Å². The maximum absolute atomic E-state index is 3.54. The lowest BCUT2D eigenvalue weighted by Crippen LogP contribution is -2.38. The zero-order valence-electron chi connectivity index (χ0n) is 11.1. The Balaban J connectivity index is 2.28. The summed E-state index contributed by atoms with van der Waals surface area (Å²) in [6.45, 7) is 13.0. The predicted molar refractivity (Wildman–Crippen MR) is 73.2 cm³/mol. The fourth-order valence-electron chi connectivity index (χ4n) is 1.50. The molecule has 0 amide bonds. The molecule has 0 aliphatic rings. The van der Waals surface area contributed by atoms with Crippen molar-refractivity contribution in [1.29, 1.82) is 0 Å². The summed E-state index contributed by atoms with van der Waals surface area (Å²) >= 11 is 1.90. The van der Waals surface area contributed by atoms with Crippen molar-refractivity contribution in [3.63, 3.8) is 0 Å². The largest absolute Gasteiger partial charge is 0.313 e. The van der Waals surface area contributed by atoms with Gasteiger partial charge in [0.05, 0.1) is 0 Å². The van der Waals surface area contributed by atoms with Gasteiger partial charge in [-0.25, -0.2) is 0 Å². The zero-order chi connectivity index (χ0) is 12.1. The van der Waals surface area contributed by atoms with E-state index in [1.807, 2.05) is 11.3 Å². The molecule has 0 bridgehead atoms. The monoisotopic (exact) mass is 240 g/mol. The summed E-state index contributed by atoms with van der Waals surface area (Å²) in [4.78, 5) is 2.87. The maximum atomic E-state index is 3.54. The van der Waals surface area contributed by atoms with Crippen molar-refractivity contribution in [1.82, 2.24) is 10.6 Å². The van der Waals surface area contributed by atoms with Gasteiger partial charge in [0.15, 0.2) is 0 Å². The van der Waals surface area contributed by atoms with Gasteiger partial charge in [-0.1, -0.05) is 13.8 Å². The van der Waals surface area contributed by atoms with Crippen molar-refractivity contribution in [3.05, 3.63) is 21.4 Å². The van der Waals surface area contributed by atoms with Crippen LogP contribution in [0, 0.1) is 13.8 Å². The van der Waals surface area contributed by atoms with Crippen LogP contribution >= 0.6 is 11.3 Å². The zero-order valence-corrected chi connectivity index (χ0v) is 11.9. The number of hydrogen-bond acceptors (Lipinski definition) is 3. The molecule has 0 spiro atoms. The fourth-order valence-corrected chi connectivity index (χ4v) is 2.50. The molecule has 1 atom stereocenters. The molecule has 1 heterocycles.